The number of benzene rings is 6. The minimum Gasteiger partial charge on any atom is -0.490 e. The second kappa shape index (κ2) is 16.8. The molecule has 2 amide bonds. The van der Waals surface area contributed by atoms with E-state index >= 15 is 0 Å². The molecule has 7 rings (SSSR count). The van der Waals surface area contributed by atoms with E-state index in [0.29, 0.717) is 18.8 Å². The summed E-state index contributed by atoms with van der Waals surface area (Å²) in [5, 5.41) is 3.43. The van der Waals surface area contributed by atoms with Gasteiger partial charge in [-0.1, -0.05) is 162 Å². The van der Waals surface area contributed by atoms with Gasteiger partial charge in [0.15, 0.2) is 6.61 Å². The van der Waals surface area contributed by atoms with Crippen molar-refractivity contribution in [1.82, 2.24) is 4.90 Å². The molecule has 6 aromatic rings. The molecule has 264 valence electrons. The van der Waals surface area contributed by atoms with E-state index in [9.17, 15) is 9.59 Å². The van der Waals surface area contributed by atoms with Crippen LogP contribution in [-0.4, -0.2) is 40.2 Å². The van der Waals surface area contributed by atoms with Crippen LogP contribution in [0.25, 0.3) is 0 Å². The molecular weight excluding hydrogens is 697 g/mol. The molecule has 0 aromatic heterocycles. The number of rotatable bonds is 14. The summed E-state index contributed by atoms with van der Waals surface area (Å²) in [6.45, 7) is 2.53. The molecule has 1 aliphatic rings. The number of carbonyl (C=O) groups is 2. The Balaban J connectivity index is 0.974. The van der Waals surface area contributed by atoms with E-state index in [1.165, 1.54) is 9.80 Å². The molecule has 0 aliphatic carbocycles. The Labute approximate surface area is 318 Å². The van der Waals surface area contributed by atoms with Crippen LogP contribution in [0.15, 0.2) is 185 Å². The van der Waals surface area contributed by atoms with Crippen LogP contribution in [0.5, 0.6) is 5.75 Å². The van der Waals surface area contributed by atoms with Gasteiger partial charge in [-0.25, -0.2) is 0 Å². The fraction of sp³-hybridized carbons (Fsp3) is 0.133. The van der Waals surface area contributed by atoms with Gasteiger partial charge in [0.05, 0.1) is 11.0 Å². The summed E-state index contributed by atoms with van der Waals surface area (Å²) < 4.78 is 5.91. The molecular formula is C45H38N2O4S2. The maximum atomic E-state index is 14.4. The number of carbonyl (C=O) groups excluding carboxylic acids is 2. The third-order valence-corrected chi connectivity index (χ3v) is 11.1. The van der Waals surface area contributed by atoms with Crippen molar-refractivity contribution < 1.29 is 19.2 Å². The van der Waals surface area contributed by atoms with E-state index < -0.39 is 10.8 Å². The molecule has 53 heavy (non-hydrogen) atoms. The summed E-state index contributed by atoms with van der Waals surface area (Å²) >= 11 is 2.81. The SMILES string of the molecule is C/C(=N/OCCOc1ccc(CC2SC(=O)N(C(c3ccccc3)(c3ccccc3)c3ccccc3)C2=O)cc1)c1ccc(Sc2ccccc2)cc1. The van der Waals surface area contributed by atoms with E-state index in [1.54, 1.807) is 11.8 Å². The molecule has 1 heterocycles. The molecule has 0 saturated carbocycles. The summed E-state index contributed by atoms with van der Waals surface area (Å²) in [4.78, 5) is 37.8. The van der Waals surface area contributed by atoms with Gasteiger partial charge >= 0.3 is 0 Å². The molecule has 1 atom stereocenters. The largest absolute Gasteiger partial charge is 0.490 e. The Morgan fingerprint density at radius 3 is 1.72 bits per heavy atom. The number of nitrogens with zero attached hydrogens (tertiary/aromatic N) is 2. The van der Waals surface area contributed by atoms with E-state index in [1.807, 2.05) is 153 Å². The monoisotopic (exact) mass is 734 g/mol. The Morgan fingerprint density at radius 2 is 1.17 bits per heavy atom. The van der Waals surface area contributed by atoms with Gasteiger partial charge in [0.1, 0.15) is 17.9 Å². The van der Waals surface area contributed by atoms with Crippen molar-refractivity contribution >= 4 is 40.4 Å². The van der Waals surface area contributed by atoms with Crippen molar-refractivity contribution in [2.75, 3.05) is 13.2 Å². The third-order valence-electron chi connectivity index (χ3n) is 9.07. The van der Waals surface area contributed by atoms with Gasteiger partial charge in [-0.05, 0) is 77.6 Å². The third kappa shape index (κ3) is 8.09. The van der Waals surface area contributed by atoms with Crippen molar-refractivity contribution in [2.45, 2.75) is 33.9 Å². The lowest BCUT2D eigenvalue weighted by Gasteiger charge is -2.42. The van der Waals surface area contributed by atoms with Gasteiger partial charge in [0.2, 0.25) is 5.91 Å². The van der Waals surface area contributed by atoms with E-state index in [4.69, 9.17) is 9.57 Å². The Morgan fingerprint density at radius 1 is 0.660 bits per heavy atom. The highest BCUT2D eigenvalue weighted by Crippen LogP contribution is 2.48. The topological polar surface area (TPSA) is 68.2 Å². The first-order valence-electron chi connectivity index (χ1n) is 17.5. The highest BCUT2D eigenvalue weighted by Gasteiger charge is 2.53. The number of imide groups is 1. The van der Waals surface area contributed by atoms with Crippen LogP contribution in [0, 0.1) is 0 Å². The van der Waals surface area contributed by atoms with Crippen molar-refractivity contribution in [3.05, 3.63) is 198 Å². The fourth-order valence-corrected chi connectivity index (χ4v) is 8.43. The summed E-state index contributed by atoms with van der Waals surface area (Å²) in [6, 6.07) is 55.6. The highest BCUT2D eigenvalue weighted by atomic mass is 32.2. The average Bonchev–Trinajstić information content (AvgIpc) is 3.49. The van der Waals surface area contributed by atoms with Crippen LogP contribution in [0.4, 0.5) is 4.79 Å². The van der Waals surface area contributed by atoms with E-state index in [-0.39, 0.29) is 17.8 Å². The molecule has 1 saturated heterocycles. The second-order valence-electron chi connectivity index (χ2n) is 12.5. The molecule has 1 fully saturated rings. The Kier molecular flexibility index (Phi) is 11.4. The van der Waals surface area contributed by atoms with Gasteiger partial charge in [0, 0.05) is 9.79 Å². The van der Waals surface area contributed by atoms with Crippen LogP contribution in [0.3, 0.4) is 0 Å². The number of ether oxygens (including phenoxy) is 1. The van der Waals surface area contributed by atoms with Crippen molar-refractivity contribution in [2.24, 2.45) is 5.16 Å². The molecule has 1 aliphatic heterocycles. The summed E-state index contributed by atoms with van der Waals surface area (Å²) in [7, 11) is 0. The molecule has 6 nitrogen and oxygen atoms in total. The Bertz CT molecular complexity index is 2050. The molecule has 1 unspecified atom stereocenters. The highest BCUT2D eigenvalue weighted by molar-refractivity contribution is 8.15. The van der Waals surface area contributed by atoms with Crippen molar-refractivity contribution in [3.63, 3.8) is 0 Å². The minimum absolute atomic E-state index is 0.216. The van der Waals surface area contributed by atoms with Gasteiger partial charge in [-0.2, -0.15) is 0 Å². The first kappa shape index (κ1) is 35.8. The zero-order valence-corrected chi connectivity index (χ0v) is 30.8. The average molecular weight is 735 g/mol. The number of hydrogen-bond acceptors (Lipinski definition) is 7. The second-order valence-corrected chi connectivity index (χ2v) is 14.8. The summed E-state index contributed by atoms with van der Waals surface area (Å²) in [6.07, 6.45) is 0.406. The van der Waals surface area contributed by atoms with Crippen LogP contribution in [0.1, 0.15) is 34.7 Å². The maximum Gasteiger partial charge on any atom is 0.290 e. The first-order valence-corrected chi connectivity index (χ1v) is 19.1. The van der Waals surface area contributed by atoms with Crippen molar-refractivity contribution in [1.29, 1.82) is 0 Å². The minimum atomic E-state index is -1.13. The van der Waals surface area contributed by atoms with Crippen LogP contribution in [0.2, 0.25) is 0 Å². The predicted molar refractivity (Wildman–Crippen MR) is 214 cm³/mol. The number of hydrogen-bond donors (Lipinski definition) is 0. The molecule has 8 heteroatoms. The number of oxime groups is 1. The lowest BCUT2D eigenvalue weighted by Crippen LogP contribution is -2.51. The van der Waals surface area contributed by atoms with Gasteiger partial charge < -0.3 is 9.57 Å². The molecule has 0 radical (unpaired) electrons. The van der Waals surface area contributed by atoms with Crippen LogP contribution in [-0.2, 0) is 21.6 Å². The molecule has 6 aromatic carbocycles. The molecule has 0 spiro atoms. The predicted octanol–water partition coefficient (Wildman–Crippen LogP) is 10.3. The van der Waals surface area contributed by atoms with Gasteiger partial charge in [-0.15, -0.1) is 0 Å². The zero-order valence-electron chi connectivity index (χ0n) is 29.2. The summed E-state index contributed by atoms with van der Waals surface area (Å²) in [5.74, 6) is 0.468. The van der Waals surface area contributed by atoms with Gasteiger partial charge in [0.25, 0.3) is 5.24 Å². The Hall–Kier alpha value is -5.57. The lowest BCUT2D eigenvalue weighted by atomic mass is 9.75. The zero-order chi connectivity index (χ0) is 36.5. The smallest absolute Gasteiger partial charge is 0.290 e. The van der Waals surface area contributed by atoms with Crippen LogP contribution < -0.4 is 4.74 Å². The van der Waals surface area contributed by atoms with E-state index in [2.05, 4.69) is 29.4 Å². The maximum absolute atomic E-state index is 14.4. The quantitative estimate of drug-likeness (QED) is 0.0480. The molecule has 0 N–H and O–H groups in total. The van der Waals surface area contributed by atoms with Crippen LogP contribution >= 0.6 is 23.5 Å². The number of amides is 2. The van der Waals surface area contributed by atoms with Crippen molar-refractivity contribution in [3.8, 4) is 5.75 Å². The van der Waals surface area contributed by atoms with Gasteiger partial charge in [-0.3, -0.25) is 14.5 Å². The summed E-state index contributed by atoms with van der Waals surface area (Å²) in [5.41, 5.74) is 4.13. The number of thioether (sulfide) groups is 1. The normalized spacial score (nSPS) is 14.7. The van der Waals surface area contributed by atoms with E-state index in [0.717, 1.165) is 50.2 Å². The lowest BCUT2D eigenvalue weighted by molar-refractivity contribution is -0.129. The standard InChI is InChI=1S/C45H38N2O4S2/c1-33(35-24-28-41(29-25-35)52-40-20-12-5-13-21-40)46-51-31-30-50-39-26-22-34(23-27-39)32-42-43(48)47(44(49)53-42)45(36-14-6-2-7-15-36,37-16-8-3-9-17-37)38-18-10-4-11-19-38/h2-29,42H,30-32H2,1H3/b46-33-. The fourth-order valence-electron chi connectivity index (χ4n) is 6.53. The molecule has 0 bridgehead atoms. The first-order chi connectivity index (χ1) is 26.0.